The fourth-order valence-corrected chi connectivity index (χ4v) is 2.94. The maximum absolute atomic E-state index is 12.0. The molecule has 8 nitrogen and oxygen atoms in total. The normalized spacial score (nSPS) is 19.2. The zero-order chi connectivity index (χ0) is 15.6. The van der Waals surface area contributed by atoms with E-state index in [0.717, 1.165) is 0 Å². The van der Waals surface area contributed by atoms with Gasteiger partial charge in [-0.05, 0) is 31.7 Å². The lowest BCUT2D eigenvalue weighted by Crippen LogP contribution is -2.47. The molecule has 1 aliphatic rings. The molecule has 9 heteroatoms. The topological polar surface area (TPSA) is 130 Å². The summed E-state index contributed by atoms with van der Waals surface area (Å²) in [6.07, 6.45) is 0.501. The molecule has 0 radical (unpaired) electrons. The highest BCUT2D eigenvalue weighted by Gasteiger charge is 2.28. The van der Waals surface area contributed by atoms with E-state index in [1.165, 1.54) is 25.2 Å². The predicted molar refractivity (Wildman–Crippen MR) is 76.9 cm³/mol. The largest absolute Gasteiger partial charge is 0.399 e. The van der Waals surface area contributed by atoms with Crippen LogP contribution in [0, 0.1) is 0 Å². The molecular weight excluding hydrogens is 296 g/mol. The highest BCUT2D eigenvalue weighted by Crippen LogP contribution is 2.25. The summed E-state index contributed by atoms with van der Waals surface area (Å²) in [7, 11) is -2.44. The van der Waals surface area contributed by atoms with Crippen LogP contribution >= 0.6 is 0 Å². The van der Waals surface area contributed by atoms with Gasteiger partial charge in [0.05, 0.1) is 5.69 Å². The number of hydrogen-bond donors (Lipinski definition) is 4. The summed E-state index contributed by atoms with van der Waals surface area (Å²) in [5, 5.41) is 5.05. The van der Waals surface area contributed by atoms with Crippen molar-refractivity contribution in [3.05, 3.63) is 18.2 Å². The first-order valence-electron chi connectivity index (χ1n) is 6.27. The molecular formula is C12H16N4O4S. The smallest absolute Gasteiger partial charge is 0.249 e. The second kappa shape index (κ2) is 5.70. The van der Waals surface area contributed by atoms with Gasteiger partial charge in [-0.2, -0.15) is 0 Å². The van der Waals surface area contributed by atoms with Gasteiger partial charge in [0.15, 0.2) is 0 Å². The van der Waals surface area contributed by atoms with Crippen LogP contribution in [0.5, 0.6) is 0 Å². The molecule has 1 saturated heterocycles. The minimum absolute atomic E-state index is 0.0466. The van der Waals surface area contributed by atoms with Crippen LogP contribution in [0.1, 0.15) is 12.8 Å². The number of anilines is 2. The lowest BCUT2D eigenvalue weighted by molar-refractivity contribution is -0.133. The summed E-state index contributed by atoms with van der Waals surface area (Å²) in [5.74, 6) is -0.811. The van der Waals surface area contributed by atoms with Crippen LogP contribution in [0.3, 0.4) is 0 Å². The molecule has 0 saturated carbocycles. The maximum atomic E-state index is 12.0. The van der Waals surface area contributed by atoms with Crippen molar-refractivity contribution in [1.29, 1.82) is 0 Å². The zero-order valence-electron chi connectivity index (χ0n) is 11.3. The van der Waals surface area contributed by atoms with E-state index in [2.05, 4.69) is 15.4 Å². The molecule has 2 amide bonds. The third-order valence-electron chi connectivity index (χ3n) is 3.13. The number of hydrogen-bond acceptors (Lipinski definition) is 6. The molecule has 0 aliphatic carbocycles. The molecule has 114 valence electrons. The Morgan fingerprint density at radius 1 is 1.33 bits per heavy atom. The third kappa shape index (κ3) is 3.31. The summed E-state index contributed by atoms with van der Waals surface area (Å²) >= 11 is 0. The van der Waals surface area contributed by atoms with Crippen LogP contribution in [0.4, 0.5) is 11.4 Å². The monoisotopic (exact) mass is 312 g/mol. The van der Waals surface area contributed by atoms with Gasteiger partial charge in [0, 0.05) is 12.1 Å². The number of amides is 2. The predicted octanol–water partition coefficient (Wildman–Crippen LogP) is -0.606. The Balaban J connectivity index is 2.32. The van der Waals surface area contributed by atoms with Crippen molar-refractivity contribution in [1.82, 2.24) is 10.0 Å². The lowest BCUT2D eigenvalue weighted by atomic mass is 10.1. The summed E-state index contributed by atoms with van der Waals surface area (Å²) in [6.45, 7) is 0. The Morgan fingerprint density at radius 2 is 2.05 bits per heavy atom. The SMILES string of the molecule is CNS(=O)(=O)c1cc(N)ccc1NC1CCC(=O)NC1=O. The molecule has 0 bridgehead atoms. The average Bonchev–Trinajstić information content (AvgIpc) is 2.43. The van der Waals surface area contributed by atoms with Gasteiger partial charge in [-0.3, -0.25) is 14.9 Å². The van der Waals surface area contributed by atoms with E-state index in [1.54, 1.807) is 0 Å². The molecule has 1 aliphatic heterocycles. The van der Waals surface area contributed by atoms with Crippen molar-refractivity contribution >= 4 is 33.2 Å². The number of sulfonamides is 1. The molecule has 0 spiro atoms. The average molecular weight is 312 g/mol. The van der Waals surface area contributed by atoms with Crippen molar-refractivity contribution in [2.24, 2.45) is 0 Å². The highest BCUT2D eigenvalue weighted by molar-refractivity contribution is 7.89. The highest BCUT2D eigenvalue weighted by atomic mass is 32.2. The number of rotatable bonds is 4. The summed E-state index contributed by atoms with van der Waals surface area (Å²) in [6, 6.07) is 3.66. The number of nitrogens with one attached hydrogen (secondary N) is 3. The van der Waals surface area contributed by atoms with E-state index in [1.807, 2.05) is 0 Å². The molecule has 1 atom stereocenters. The van der Waals surface area contributed by atoms with Crippen molar-refractivity contribution in [3.8, 4) is 0 Å². The van der Waals surface area contributed by atoms with Crippen molar-refractivity contribution in [2.45, 2.75) is 23.8 Å². The van der Waals surface area contributed by atoms with E-state index >= 15 is 0 Å². The number of nitrogens with two attached hydrogens (primary N) is 1. The first-order chi connectivity index (χ1) is 9.83. The Labute approximate surface area is 122 Å². The van der Waals surface area contributed by atoms with Crippen LogP contribution in [0.15, 0.2) is 23.1 Å². The van der Waals surface area contributed by atoms with E-state index in [-0.39, 0.29) is 28.6 Å². The molecule has 1 fully saturated rings. The summed E-state index contributed by atoms with van der Waals surface area (Å²) in [5.41, 5.74) is 6.16. The Kier molecular flexibility index (Phi) is 4.14. The van der Waals surface area contributed by atoms with E-state index < -0.39 is 22.0 Å². The van der Waals surface area contributed by atoms with Crippen molar-refractivity contribution in [3.63, 3.8) is 0 Å². The number of benzene rings is 1. The van der Waals surface area contributed by atoms with Gasteiger partial charge >= 0.3 is 0 Å². The summed E-state index contributed by atoms with van der Waals surface area (Å²) < 4.78 is 26.2. The van der Waals surface area contributed by atoms with Crippen molar-refractivity contribution < 1.29 is 18.0 Å². The molecule has 21 heavy (non-hydrogen) atoms. The minimum Gasteiger partial charge on any atom is -0.399 e. The number of nitrogen functional groups attached to an aromatic ring is 1. The molecule has 1 aromatic carbocycles. The Hall–Kier alpha value is -2.13. The lowest BCUT2D eigenvalue weighted by Gasteiger charge is -2.24. The van der Waals surface area contributed by atoms with Gasteiger partial charge in [0.2, 0.25) is 21.8 Å². The first-order valence-corrected chi connectivity index (χ1v) is 7.75. The minimum atomic E-state index is -3.72. The quantitative estimate of drug-likeness (QED) is 0.433. The van der Waals surface area contributed by atoms with Crippen LogP contribution in [-0.2, 0) is 19.6 Å². The van der Waals surface area contributed by atoms with Gasteiger partial charge in [0.1, 0.15) is 10.9 Å². The Morgan fingerprint density at radius 3 is 2.67 bits per heavy atom. The molecule has 5 N–H and O–H groups in total. The van der Waals surface area contributed by atoms with Crippen LogP contribution in [-0.4, -0.2) is 33.3 Å². The first kappa shape index (κ1) is 15.3. The maximum Gasteiger partial charge on any atom is 0.249 e. The standard InChI is InChI=1S/C12H16N4O4S/c1-14-21(19,20)10-6-7(13)2-3-8(10)15-9-4-5-11(17)16-12(9)18/h2-3,6,9,14-15H,4-5,13H2,1H3,(H,16,17,18). The number of piperidine rings is 1. The van der Waals surface area contributed by atoms with E-state index in [0.29, 0.717) is 6.42 Å². The van der Waals surface area contributed by atoms with Crippen LogP contribution in [0.2, 0.25) is 0 Å². The van der Waals surface area contributed by atoms with Gasteiger partial charge in [-0.25, -0.2) is 13.1 Å². The van der Waals surface area contributed by atoms with E-state index in [4.69, 9.17) is 5.73 Å². The Bertz CT molecular complexity index is 686. The fraction of sp³-hybridized carbons (Fsp3) is 0.333. The molecule has 1 heterocycles. The molecule has 0 aromatic heterocycles. The molecule has 1 aromatic rings. The number of imide groups is 1. The number of carbonyl (C=O) groups is 2. The second-order valence-corrected chi connectivity index (χ2v) is 6.47. The van der Waals surface area contributed by atoms with Gasteiger partial charge in [-0.1, -0.05) is 0 Å². The molecule has 2 rings (SSSR count). The van der Waals surface area contributed by atoms with Crippen LogP contribution < -0.4 is 21.1 Å². The third-order valence-corrected chi connectivity index (χ3v) is 4.59. The number of carbonyl (C=O) groups excluding carboxylic acids is 2. The summed E-state index contributed by atoms with van der Waals surface area (Å²) in [4.78, 5) is 22.8. The van der Waals surface area contributed by atoms with Crippen molar-refractivity contribution in [2.75, 3.05) is 18.1 Å². The van der Waals surface area contributed by atoms with Gasteiger partial charge in [0.25, 0.3) is 0 Å². The zero-order valence-corrected chi connectivity index (χ0v) is 12.2. The van der Waals surface area contributed by atoms with E-state index in [9.17, 15) is 18.0 Å². The van der Waals surface area contributed by atoms with Gasteiger partial charge < -0.3 is 11.1 Å². The molecule has 1 unspecified atom stereocenters. The second-order valence-electron chi connectivity index (χ2n) is 4.61. The van der Waals surface area contributed by atoms with Gasteiger partial charge in [-0.15, -0.1) is 0 Å². The fourth-order valence-electron chi connectivity index (χ4n) is 2.01. The van der Waals surface area contributed by atoms with Crippen LogP contribution in [0.25, 0.3) is 0 Å².